The van der Waals surface area contributed by atoms with Gasteiger partial charge in [-0.2, -0.15) is 9.78 Å². The quantitative estimate of drug-likeness (QED) is 0.545. The molecule has 7 heteroatoms. The summed E-state index contributed by atoms with van der Waals surface area (Å²) in [5.41, 5.74) is 2.28. The molecule has 0 aliphatic carbocycles. The van der Waals surface area contributed by atoms with Gasteiger partial charge in [-0.1, -0.05) is 24.3 Å². The summed E-state index contributed by atoms with van der Waals surface area (Å²) in [4.78, 5) is 17.5. The van der Waals surface area contributed by atoms with Crippen molar-refractivity contribution >= 4 is 35.0 Å². The number of H-pyrrole nitrogens is 1. The second kappa shape index (κ2) is 7.42. The van der Waals surface area contributed by atoms with Gasteiger partial charge in [0.15, 0.2) is 0 Å². The Balaban J connectivity index is 1.91. The lowest BCUT2D eigenvalue weighted by Crippen LogP contribution is -2.21. The zero-order valence-electron chi connectivity index (χ0n) is 13.7. The SMILES string of the molecule is CN(CCO)c1ccc(/C=N\n2c(=S)[nH]c3ccccc3c2=O)cc1. The van der Waals surface area contributed by atoms with Gasteiger partial charge in [-0.3, -0.25) is 4.79 Å². The van der Waals surface area contributed by atoms with Crippen LogP contribution in [0.2, 0.25) is 0 Å². The first kappa shape index (κ1) is 17.1. The standard InChI is InChI=1S/C18H18N4O2S/c1-21(10-11-23)14-8-6-13(7-9-14)12-19-22-17(24)15-4-2-3-5-16(15)20-18(22)25/h2-9,12,23H,10-11H2,1H3,(H,20,25)/b19-12-. The summed E-state index contributed by atoms with van der Waals surface area (Å²) in [5.74, 6) is 0. The average Bonchev–Trinajstić information content (AvgIpc) is 2.62. The van der Waals surface area contributed by atoms with Gasteiger partial charge in [0.25, 0.3) is 5.56 Å². The van der Waals surface area contributed by atoms with Gasteiger partial charge >= 0.3 is 0 Å². The van der Waals surface area contributed by atoms with E-state index in [4.69, 9.17) is 17.3 Å². The Kier molecular flexibility index (Phi) is 5.06. The van der Waals surface area contributed by atoms with Crippen molar-refractivity contribution in [2.45, 2.75) is 0 Å². The summed E-state index contributed by atoms with van der Waals surface area (Å²) in [6.45, 7) is 0.664. The summed E-state index contributed by atoms with van der Waals surface area (Å²) >= 11 is 5.23. The van der Waals surface area contributed by atoms with Crippen LogP contribution in [-0.4, -0.2) is 41.2 Å². The smallest absolute Gasteiger partial charge is 0.282 e. The highest BCUT2D eigenvalue weighted by molar-refractivity contribution is 7.71. The van der Waals surface area contributed by atoms with Gasteiger partial charge in [0.1, 0.15) is 0 Å². The molecule has 0 aliphatic heterocycles. The van der Waals surface area contributed by atoms with Crippen LogP contribution in [0.3, 0.4) is 0 Å². The molecule has 0 spiro atoms. The zero-order valence-corrected chi connectivity index (χ0v) is 14.5. The third-order valence-corrected chi connectivity index (χ3v) is 4.15. The normalized spacial score (nSPS) is 11.3. The van der Waals surface area contributed by atoms with Crippen LogP contribution in [0, 0.1) is 4.77 Å². The van der Waals surface area contributed by atoms with Crippen molar-refractivity contribution in [2.75, 3.05) is 25.1 Å². The minimum Gasteiger partial charge on any atom is -0.395 e. The number of anilines is 1. The van der Waals surface area contributed by atoms with Crippen LogP contribution in [0.25, 0.3) is 10.9 Å². The van der Waals surface area contributed by atoms with E-state index in [1.54, 1.807) is 18.3 Å². The molecule has 0 saturated heterocycles. The average molecular weight is 354 g/mol. The number of aliphatic hydroxyl groups is 1. The highest BCUT2D eigenvalue weighted by Gasteiger charge is 2.04. The molecule has 0 fully saturated rings. The van der Waals surface area contributed by atoms with Crippen molar-refractivity contribution in [1.82, 2.24) is 9.66 Å². The fraction of sp³-hybridized carbons (Fsp3) is 0.167. The lowest BCUT2D eigenvalue weighted by molar-refractivity contribution is 0.304. The van der Waals surface area contributed by atoms with Crippen LogP contribution in [0.5, 0.6) is 0 Å². The number of fused-ring (bicyclic) bond motifs is 1. The lowest BCUT2D eigenvalue weighted by Gasteiger charge is -2.17. The molecule has 0 radical (unpaired) electrons. The summed E-state index contributed by atoms with van der Waals surface area (Å²) < 4.78 is 1.43. The van der Waals surface area contributed by atoms with Gasteiger partial charge in [-0.05, 0) is 42.0 Å². The molecule has 0 saturated carbocycles. The third-order valence-electron chi connectivity index (χ3n) is 3.88. The van der Waals surface area contributed by atoms with Gasteiger partial charge in [-0.25, -0.2) is 0 Å². The van der Waals surface area contributed by atoms with E-state index < -0.39 is 0 Å². The third kappa shape index (κ3) is 3.67. The molecule has 1 heterocycles. The van der Waals surface area contributed by atoms with E-state index in [0.717, 1.165) is 11.3 Å². The number of nitrogens with one attached hydrogen (secondary N) is 1. The molecule has 3 rings (SSSR count). The Bertz CT molecular complexity index is 1020. The highest BCUT2D eigenvalue weighted by atomic mass is 32.1. The molecule has 128 valence electrons. The second-order valence-electron chi connectivity index (χ2n) is 5.57. The summed E-state index contributed by atoms with van der Waals surface area (Å²) in [6.07, 6.45) is 1.59. The van der Waals surface area contributed by atoms with Crippen LogP contribution >= 0.6 is 12.2 Å². The van der Waals surface area contributed by atoms with Crippen LogP contribution in [0.15, 0.2) is 58.4 Å². The van der Waals surface area contributed by atoms with Crippen molar-refractivity contribution in [2.24, 2.45) is 5.10 Å². The summed E-state index contributed by atoms with van der Waals surface area (Å²) in [7, 11) is 1.91. The molecular weight excluding hydrogens is 336 g/mol. The maximum Gasteiger partial charge on any atom is 0.282 e. The van der Waals surface area contributed by atoms with E-state index in [1.807, 2.05) is 48.3 Å². The Hall–Kier alpha value is -2.77. The Morgan fingerprint density at radius 3 is 2.68 bits per heavy atom. The number of hydrogen-bond donors (Lipinski definition) is 2. The number of likely N-dealkylation sites (N-methyl/N-ethyl adjacent to an activating group) is 1. The summed E-state index contributed by atoms with van der Waals surface area (Å²) in [6, 6.07) is 14.8. The van der Waals surface area contributed by atoms with Crippen molar-refractivity contribution in [3.05, 3.63) is 69.2 Å². The molecule has 2 aromatic carbocycles. The zero-order chi connectivity index (χ0) is 17.8. The van der Waals surface area contributed by atoms with Crippen molar-refractivity contribution in [3.63, 3.8) is 0 Å². The number of nitrogens with zero attached hydrogens (tertiary/aromatic N) is 3. The maximum atomic E-state index is 12.5. The first-order chi connectivity index (χ1) is 12.1. The number of aromatic amines is 1. The van der Waals surface area contributed by atoms with Crippen molar-refractivity contribution < 1.29 is 5.11 Å². The largest absolute Gasteiger partial charge is 0.395 e. The Labute approximate surface area is 149 Å². The topological polar surface area (TPSA) is 73.6 Å². The molecule has 2 N–H and O–H groups in total. The summed E-state index contributed by atoms with van der Waals surface area (Å²) in [5, 5.41) is 13.7. The van der Waals surface area contributed by atoms with Crippen LogP contribution in [-0.2, 0) is 0 Å². The van der Waals surface area contributed by atoms with Crippen molar-refractivity contribution in [1.29, 1.82) is 0 Å². The van der Waals surface area contributed by atoms with Gasteiger partial charge in [-0.15, -0.1) is 0 Å². The number of hydrogen-bond acceptors (Lipinski definition) is 5. The van der Waals surface area contributed by atoms with E-state index in [1.165, 1.54) is 4.68 Å². The first-order valence-corrected chi connectivity index (χ1v) is 8.21. The van der Waals surface area contributed by atoms with E-state index in [-0.39, 0.29) is 16.9 Å². The number of rotatable bonds is 5. The maximum absolute atomic E-state index is 12.5. The minimum absolute atomic E-state index is 0.0999. The predicted molar refractivity (Wildman–Crippen MR) is 103 cm³/mol. The number of benzene rings is 2. The van der Waals surface area contributed by atoms with E-state index >= 15 is 0 Å². The molecule has 25 heavy (non-hydrogen) atoms. The minimum atomic E-state index is -0.255. The fourth-order valence-corrected chi connectivity index (χ4v) is 2.72. The number of aliphatic hydroxyl groups excluding tert-OH is 1. The van der Waals surface area contributed by atoms with Gasteiger partial charge in [0, 0.05) is 19.3 Å². The van der Waals surface area contributed by atoms with Gasteiger partial charge in [0.2, 0.25) is 4.77 Å². The van der Waals surface area contributed by atoms with Gasteiger partial charge in [0.05, 0.1) is 23.7 Å². The molecule has 0 aliphatic rings. The molecule has 1 aromatic heterocycles. The van der Waals surface area contributed by atoms with Gasteiger partial charge < -0.3 is 15.0 Å². The second-order valence-corrected chi connectivity index (χ2v) is 5.96. The first-order valence-electron chi connectivity index (χ1n) is 7.80. The molecular formula is C18H18N4O2S. The Morgan fingerprint density at radius 1 is 1.24 bits per heavy atom. The van der Waals surface area contributed by atoms with Crippen LogP contribution in [0.1, 0.15) is 5.56 Å². The van der Waals surface area contributed by atoms with Crippen molar-refractivity contribution in [3.8, 4) is 0 Å². The lowest BCUT2D eigenvalue weighted by atomic mass is 10.2. The molecule has 0 amide bonds. The van der Waals surface area contributed by atoms with E-state index in [9.17, 15) is 4.79 Å². The van der Waals surface area contributed by atoms with Crippen LogP contribution in [0.4, 0.5) is 5.69 Å². The molecule has 0 bridgehead atoms. The molecule has 0 atom stereocenters. The van der Waals surface area contributed by atoms with Crippen LogP contribution < -0.4 is 10.5 Å². The Morgan fingerprint density at radius 2 is 1.96 bits per heavy atom. The van der Waals surface area contributed by atoms with E-state index in [0.29, 0.717) is 17.4 Å². The molecule has 6 nitrogen and oxygen atoms in total. The predicted octanol–water partition coefficient (Wildman–Crippen LogP) is 2.37. The molecule has 0 unspecified atom stereocenters. The molecule has 3 aromatic rings. The van der Waals surface area contributed by atoms with E-state index in [2.05, 4.69) is 10.1 Å². The monoisotopic (exact) mass is 354 g/mol. The number of para-hydroxylation sites is 1. The fourth-order valence-electron chi connectivity index (χ4n) is 2.48. The highest BCUT2D eigenvalue weighted by Crippen LogP contribution is 2.12. The number of aromatic nitrogens is 2.